The zero-order valence-corrected chi connectivity index (χ0v) is 13.4. The topological polar surface area (TPSA) is 48.3 Å². The van der Waals surface area contributed by atoms with Crippen molar-refractivity contribution in [2.24, 2.45) is 0 Å². The number of halogens is 1. The molecule has 2 rings (SSSR count). The molecule has 20 heavy (non-hydrogen) atoms. The second kappa shape index (κ2) is 6.76. The molecule has 1 aromatic carbocycles. The summed E-state index contributed by atoms with van der Waals surface area (Å²) in [7, 11) is 3.34. The predicted octanol–water partition coefficient (Wildman–Crippen LogP) is 3.01. The Kier molecular flexibility index (Phi) is 5.03. The Morgan fingerprint density at radius 3 is 2.85 bits per heavy atom. The van der Waals surface area contributed by atoms with Crippen LogP contribution in [0.5, 0.6) is 5.75 Å². The van der Waals surface area contributed by atoms with Gasteiger partial charge in [-0.2, -0.15) is 0 Å². The van der Waals surface area contributed by atoms with Crippen molar-refractivity contribution in [1.29, 1.82) is 0 Å². The van der Waals surface area contributed by atoms with Crippen LogP contribution in [0.1, 0.15) is 5.69 Å². The molecule has 0 atom stereocenters. The average molecular weight is 340 g/mol. The van der Waals surface area contributed by atoms with E-state index in [1.54, 1.807) is 14.2 Å². The summed E-state index contributed by atoms with van der Waals surface area (Å²) in [4.78, 5) is 4.49. The first-order chi connectivity index (χ1) is 9.65. The number of rotatable bonds is 6. The highest BCUT2D eigenvalue weighted by molar-refractivity contribution is 9.10. The van der Waals surface area contributed by atoms with E-state index in [0.717, 1.165) is 27.6 Å². The number of aromatic nitrogens is 2. The molecule has 0 unspecified atom stereocenters. The fourth-order valence-electron chi connectivity index (χ4n) is 1.92. The van der Waals surface area contributed by atoms with E-state index < -0.39 is 0 Å². The zero-order chi connectivity index (χ0) is 14.5. The summed E-state index contributed by atoms with van der Waals surface area (Å²) in [5.41, 5.74) is 1.87. The molecule has 2 aromatic rings. The molecular formula is C14H18BrN3O2. The van der Waals surface area contributed by atoms with Gasteiger partial charge in [-0.05, 0) is 25.1 Å². The standard InChI is InChI=1S/C14H18BrN3O2/c1-10-9-18(14(17-10)16-6-7-19-2)12-8-11(15)4-5-13(12)20-3/h4-5,8-9H,6-7H2,1-3H3,(H,16,17). The van der Waals surface area contributed by atoms with Crippen molar-refractivity contribution >= 4 is 21.9 Å². The molecule has 1 N–H and O–H groups in total. The Bertz CT molecular complexity index is 584. The quantitative estimate of drug-likeness (QED) is 0.822. The molecule has 1 aromatic heterocycles. The lowest BCUT2D eigenvalue weighted by Gasteiger charge is -2.13. The minimum absolute atomic E-state index is 0.627. The maximum absolute atomic E-state index is 5.42. The number of ether oxygens (including phenoxy) is 2. The summed E-state index contributed by atoms with van der Waals surface area (Å²) in [6.45, 7) is 3.28. The Labute approximate surface area is 127 Å². The van der Waals surface area contributed by atoms with Crippen LogP contribution in [0.15, 0.2) is 28.9 Å². The molecule has 0 aliphatic rings. The van der Waals surface area contributed by atoms with E-state index >= 15 is 0 Å². The maximum atomic E-state index is 5.42. The van der Waals surface area contributed by atoms with E-state index in [4.69, 9.17) is 9.47 Å². The van der Waals surface area contributed by atoms with E-state index in [0.29, 0.717) is 13.2 Å². The molecule has 0 aliphatic heterocycles. The number of nitrogens with one attached hydrogen (secondary N) is 1. The van der Waals surface area contributed by atoms with E-state index in [-0.39, 0.29) is 0 Å². The molecule has 0 amide bonds. The molecule has 0 fully saturated rings. The number of aryl methyl sites for hydroxylation is 1. The lowest BCUT2D eigenvalue weighted by Crippen LogP contribution is -2.12. The minimum Gasteiger partial charge on any atom is -0.495 e. The van der Waals surface area contributed by atoms with Crippen LogP contribution in [0.4, 0.5) is 5.95 Å². The SMILES string of the molecule is COCCNc1nc(C)cn1-c1cc(Br)ccc1OC. The highest BCUT2D eigenvalue weighted by atomic mass is 79.9. The maximum Gasteiger partial charge on any atom is 0.207 e. The number of benzene rings is 1. The van der Waals surface area contributed by atoms with E-state index in [2.05, 4.69) is 26.2 Å². The van der Waals surface area contributed by atoms with Crippen molar-refractivity contribution in [1.82, 2.24) is 9.55 Å². The summed E-state index contributed by atoms with van der Waals surface area (Å²) in [5.74, 6) is 1.57. The van der Waals surface area contributed by atoms with Gasteiger partial charge in [0.1, 0.15) is 5.75 Å². The van der Waals surface area contributed by atoms with Crippen molar-refractivity contribution in [3.63, 3.8) is 0 Å². The van der Waals surface area contributed by atoms with E-state index in [9.17, 15) is 0 Å². The molecule has 0 saturated carbocycles. The summed E-state index contributed by atoms with van der Waals surface area (Å²) in [6, 6.07) is 5.87. The van der Waals surface area contributed by atoms with Crippen LogP contribution in [0.25, 0.3) is 5.69 Å². The lowest BCUT2D eigenvalue weighted by molar-refractivity contribution is 0.210. The third kappa shape index (κ3) is 3.32. The van der Waals surface area contributed by atoms with Crippen molar-refractivity contribution in [2.45, 2.75) is 6.92 Å². The summed E-state index contributed by atoms with van der Waals surface area (Å²) in [5, 5.41) is 3.26. The monoisotopic (exact) mass is 339 g/mol. The van der Waals surface area contributed by atoms with Gasteiger partial charge in [0.15, 0.2) is 0 Å². The summed E-state index contributed by atoms with van der Waals surface area (Å²) in [6.07, 6.45) is 1.97. The number of imidazole rings is 1. The second-order valence-electron chi connectivity index (χ2n) is 4.31. The molecule has 6 heteroatoms. The smallest absolute Gasteiger partial charge is 0.207 e. The van der Waals surface area contributed by atoms with Crippen LogP contribution in [0.2, 0.25) is 0 Å². The molecule has 0 radical (unpaired) electrons. The van der Waals surface area contributed by atoms with Gasteiger partial charge >= 0.3 is 0 Å². The first-order valence-corrected chi connectivity index (χ1v) is 7.07. The largest absolute Gasteiger partial charge is 0.495 e. The molecule has 0 bridgehead atoms. The second-order valence-corrected chi connectivity index (χ2v) is 5.23. The fourth-order valence-corrected chi connectivity index (χ4v) is 2.27. The average Bonchev–Trinajstić information content (AvgIpc) is 2.80. The van der Waals surface area contributed by atoms with Gasteiger partial charge in [0.05, 0.1) is 25.1 Å². The van der Waals surface area contributed by atoms with Gasteiger partial charge in [-0.3, -0.25) is 4.57 Å². The molecular weight excluding hydrogens is 322 g/mol. The number of anilines is 1. The van der Waals surface area contributed by atoms with E-state index in [1.165, 1.54) is 0 Å². The van der Waals surface area contributed by atoms with Gasteiger partial charge in [-0.1, -0.05) is 15.9 Å². The van der Waals surface area contributed by atoms with Gasteiger partial charge in [-0.25, -0.2) is 4.98 Å². The Morgan fingerprint density at radius 2 is 2.15 bits per heavy atom. The number of hydrogen-bond donors (Lipinski definition) is 1. The molecule has 108 valence electrons. The lowest BCUT2D eigenvalue weighted by atomic mass is 10.3. The molecule has 0 spiro atoms. The van der Waals surface area contributed by atoms with Crippen LogP contribution in [0.3, 0.4) is 0 Å². The Morgan fingerprint density at radius 1 is 1.35 bits per heavy atom. The predicted molar refractivity (Wildman–Crippen MR) is 82.9 cm³/mol. The van der Waals surface area contributed by atoms with Gasteiger partial charge < -0.3 is 14.8 Å². The fraction of sp³-hybridized carbons (Fsp3) is 0.357. The van der Waals surface area contributed by atoms with Crippen molar-refractivity contribution in [2.75, 3.05) is 32.7 Å². The normalized spacial score (nSPS) is 10.6. The van der Waals surface area contributed by atoms with Crippen molar-refractivity contribution in [3.8, 4) is 11.4 Å². The Balaban J connectivity index is 2.38. The first-order valence-electron chi connectivity index (χ1n) is 6.28. The number of nitrogens with zero attached hydrogens (tertiary/aromatic N) is 2. The third-order valence-electron chi connectivity index (χ3n) is 2.82. The van der Waals surface area contributed by atoms with Gasteiger partial charge in [-0.15, -0.1) is 0 Å². The van der Waals surface area contributed by atoms with Gasteiger partial charge in [0.25, 0.3) is 0 Å². The first kappa shape index (κ1) is 14.9. The summed E-state index contributed by atoms with van der Waals surface area (Å²) >= 11 is 3.49. The number of hydrogen-bond acceptors (Lipinski definition) is 4. The third-order valence-corrected chi connectivity index (χ3v) is 3.31. The number of methoxy groups -OCH3 is 2. The highest BCUT2D eigenvalue weighted by Crippen LogP contribution is 2.29. The van der Waals surface area contributed by atoms with Gasteiger partial charge in [0, 0.05) is 24.3 Å². The highest BCUT2D eigenvalue weighted by Gasteiger charge is 2.12. The molecule has 0 aliphatic carbocycles. The van der Waals surface area contributed by atoms with Crippen LogP contribution >= 0.6 is 15.9 Å². The zero-order valence-electron chi connectivity index (χ0n) is 11.8. The summed E-state index contributed by atoms with van der Waals surface area (Å²) < 4.78 is 13.4. The molecule has 1 heterocycles. The van der Waals surface area contributed by atoms with E-state index in [1.807, 2.05) is 35.9 Å². The molecule has 0 saturated heterocycles. The van der Waals surface area contributed by atoms with Crippen LogP contribution in [0, 0.1) is 6.92 Å². The minimum atomic E-state index is 0.627. The van der Waals surface area contributed by atoms with Gasteiger partial charge in [0.2, 0.25) is 5.95 Å². The molecule has 5 nitrogen and oxygen atoms in total. The van der Waals surface area contributed by atoms with Crippen molar-refractivity contribution < 1.29 is 9.47 Å². The van der Waals surface area contributed by atoms with Crippen molar-refractivity contribution in [3.05, 3.63) is 34.6 Å². The van der Waals surface area contributed by atoms with Crippen LogP contribution in [-0.2, 0) is 4.74 Å². The Hall–Kier alpha value is -1.53. The van der Waals surface area contributed by atoms with Crippen LogP contribution < -0.4 is 10.1 Å². The van der Waals surface area contributed by atoms with Crippen LogP contribution in [-0.4, -0.2) is 36.9 Å².